The Bertz CT molecular complexity index is 815. The molecule has 2 fully saturated rings. The van der Waals surface area contributed by atoms with Crippen molar-refractivity contribution < 1.29 is 9.15 Å². The number of fused-ring (bicyclic) bond motifs is 1. The van der Waals surface area contributed by atoms with Crippen LogP contribution in [0.2, 0.25) is 0 Å². The van der Waals surface area contributed by atoms with Gasteiger partial charge in [0.15, 0.2) is 5.58 Å². The third-order valence-electron chi connectivity index (χ3n) is 6.68. The number of likely N-dealkylation sites (tertiary alicyclic amines) is 1. The molecule has 0 amide bonds. The lowest BCUT2D eigenvalue weighted by Gasteiger charge is -2.48. The summed E-state index contributed by atoms with van der Waals surface area (Å²) in [5.74, 6) is -0.213. The second kappa shape index (κ2) is 9.02. The third-order valence-corrected chi connectivity index (χ3v) is 6.68. The van der Waals surface area contributed by atoms with Crippen molar-refractivity contribution in [1.82, 2.24) is 9.47 Å². The molecule has 1 aliphatic carbocycles. The van der Waals surface area contributed by atoms with E-state index in [1.165, 1.54) is 25.7 Å². The van der Waals surface area contributed by atoms with E-state index < -0.39 is 0 Å². The van der Waals surface area contributed by atoms with Crippen LogP contribution in [0.4, 0.5) is 0 Å². The van der Waals surface area contributed by atoms with Crippen LogP contribution in [0.15, 0.2) is 33.5 Å². The van der Waals surface area contributed by atoms with E-state index in [9.17, 15) is 4.79 Å². The van der Waals surface area contributed by atoms with Crippen LogP contribution >= 0.6 is 12.4 Å². The van der Waals surface area contributed by atoms with Gasteiger partial charge in [0, 0.05) is 31.3 Å². The second-order valence-corrected chi connectivity index (χ2v) is 8.49. The minimum Gasteiger partial charge on any atom is -0.408 e. The zero-order valence-corrected chi connectivity index (χ0v) is 17.9. The molecule has 4 rings (SSSR count). The van der Waals surface area contributed by atoms with Gasteiger partial charge >= 0.3 is 5.76 Å². The van der Waals surface area contributed by atoms with Crippen LogP contribution in [0.5, 0.6) is 0 Å². The molecular formula is C22H33ClN2O3. The molecule has 1 aromatic heterocycles. The monoisotopic (exact) mass is 408 g/mol. The lowest BCUT2D eigenvalue weighted by atomic mass is 9.79. The third kappa shape index (κ3) is 4.17. The molecule has 1 saturated carbocycles. The summed E-state index contributed by atoms with van der Waals surface area (Å²) in [7, 11) is 0. The first-order chi connectivity index (χ1) is 13.1. The average molecular weight is 409 g/mol. The Kier molecular flexibility index (Phi) is 6.89. The van der Waals surface area contributed by atoms with Gasteiger partial charge in [-0.2, -0.15) is 0 Å². The fraction of sp³-hybridized carbons (Fsp3) is 0.682. The van der Waals surface area contributed by atoms with E-state index in [1.807, 2.05) is 28.8 Å². The first-order valence-electron chi connectivity index (χ1n) is 10.6. The molecule has 2 aromatic rings. The number of aromatic nitrogens is 1. The number of nitrogens with zero attached hydrogens (tertiary/aromatic N) is 2. The topological polar surface area (TPSA) is 47.6 Å². The maximum Gasteiger partial charge on any atom is 0.420 e. The van der Waals surface area contributed by atoms with E-state index in [-0.39, 0.29) is 29.7 Å². The molecule has 2 aliphatic rings. The number of oxazole rings is 1. The van der Waals surface area contributed by atoms with Gasteiger partial charge in [0.05, 0.1) is 11.6 Å². The summed E-state index contributed by atoms with van der Waals surface area (Å²) in [6.45, 7) is 7.58. The molecule has 0 atom stereocenters. The molecule has 156 valence electrons. The van der Waals surface area contributed by atoms with Crippen LogP contribution in [-0.4, -0.2) is 40.8 Å². The number of rotatable bonds is 5. The van der Waals surface area contributed by atoms with Gasteiger partial charge < -0.3 is 9.15 Å². The predicted octanol–water partition coefficient (Wildman–Crippen LogP) is 4.78. The lowest BCUT2D eigenvalue weighted by molar-refractivity contribution is -0.0306. The Hall–Kier alpha value is -1.30. The van der Waals surface area contributed by atoms with Gasteiger partial charge in [0.25, 0.3) is 0 Å². The minimum atomic E-state index is -0.213. The largest absolute Gasteiger partial charge is 0.420 e. The number of hydrogen-bond donors (Lipinski definition) is 0. The average Bonchev–Trinajstić information content (AvgIpc) is 3.03. The minimum absolute atomic E-state index is 0. The van der Waals surface area contributed by atoms with Gasteiger partial charge in [0.2, 0.25) is 0 Å². The van der Waals surface area contributed by atoms with Crippen LogP contribution in [0.3, 0.4) is 0 Å². The standard InChI is InChI=1S/C22H32N2O3.ClH/c1-3-16-26-18-8-12-22(2,13-9-18)23-14-10-17(11-15-23)24-19-6-4-5-7-20(19)27-21(24)25;/h4-7,17-18H,3,8-16H2,1-2H3;1H/t18-,22-;. The maximum atomic E-state index is 12.4. The molecule has 5 nitrogen and oxygen atoms in total. The number of para-hydroxylation sites is 2. The van der Waals surface area contributed by atoms with Crippen molar-refractivity contribution in [2.24, 2.45) is 0 Å². The van der Waals surface area contributed by atoms with Gasteiger partial charge in [-0.05, 0) is 64.0 Å². The molecule has 0 spiro atoms. The van der Waals surface area contributed by atoms with Gasteiger partial charge in [-0.1, -0.05) is 19.1 Å². The van der Waals surface area contributed by atoms with Gasteiger partial charge in [-0.3, -0.25) is 9.47 Å². The molecule has 0 N–H and O–H groups in total. The zero-order chi connectivity index (χ0) is 18.9. The summed E-state index contributed by atoms with van der Waals surface area (Å²) in [4.78, 5) is 15.0. The normalized spacial score (nSPS) is 27.0. The molecule has 0 bridgehead atoms. The fourth-order valence-electron chi connectivity index (χ4n) is 4.97. The molecular weight excluding hydrogens is 376 g/mol. The van der Waals surface area contributed by atoms with Crippen molar-refractivity contribution in [3.8, 4) is 0 Å². The highest BCUT2D eigenvalue weighted by Gasteiger charge is 2.38. The predicted molar refractivity (Wildman–Crippen MR) is 114 cm³/mol. The summed E-state index contributed by atoms with van der Waals surface area (Å²) in [5, 5.41) is 0. The fourth-order valence-corrected chi connectivity index (χ4v) is 4.97. The van der Waals surface area contributed by atoms with E-state index in [0.29, 0.717) is 11.7 Å². The first kappa shape index (κ1) is 21.4. The number of benzene rings is 1. The summed E-state index contributed by atoms with van der Waals surface area (Å²) in [6.07, 6.45) is 8.32. The van der Waals surface area contributed by atoms with Crippen molar-refractivity contribution in [1.29, 1.82) is 0 Å². The Morgan fingerprint density at radius 3 is 2.50 bits per heavy atom. The zero-order valence-electron chi connectivity index (χ0n) is 17.1. The Morgan fingerprint density at radius 2 is 1.82 bits per heavy atom. The van der Waals surface area contributed by atoms with Crippen LogP contribution in [0.1, 0.15) is 64.8 Å². The molecule has 1 aromatic carbocycles. The molecule has 28 heavy (non-hydrogen) atoms. The smallest absolute Gasteiger partial charge is 0.408 e. The van der Waals surface area contributed by atoms with Crippen molar-refractivity contribution in [3.63, 3.8) is 0 Å². The van der Waals surface area contributed by atoms with Gasteiger partial charge in [0.1, 0.15) is 0 Å². The Balaban J connectivity index is 0.00000225. The number of ether oxygens (including phenoxy) is 1. The van der Waals surface area contributed by atoms with Crippen molar-refractivity contribution in [2.75, 3.05) is 19.7 Å². The molecule has 1 aliphatic heterocycles. The van der Waals surface area contributed by atoms with Crippen molar-refractivity contribution in [3.05, 3.63) is 34.8 Å². The highest BCUT2D eigenvalue weighted by Crippen LogP contribution is 2.38. The van der Waals surface area contributed by atoms with Crippen molar-refractivity contribution in [2.45, 2.75) is 76.5 Å². The van der Waals surface area contributed by atoms with Crippen LogP contribution < -0.4 is 5.76 Å². The summed E-state index contributed by atoms with van der Waals surface area (Å²) >= 11 is 0. The summed E-state index contributed by atoms with van der Waals surface area (Å²) in [5.41, 5.74) is 1.91. The SMILES string of the molecule is CCCO[C@H]1CC[C@](C)(N2CCC(n3c(=O)oc4ccccc43)CC2)CC1.Cl. The summed E-state index contributed by atoms with van der Waals surface area (Å²) < 4.78 is 13.3. The van der Waals surface area contributed by atoms with Gasteiger partial charge in [-0.25, -0.2) is 4.79 Å². The summed E-state index contributed by atoms with van der Waals surface area (Å²) in [6, 6.07) is 8.00. The van der Waals surface area contributed by atoms with Crippen LogP contribution in [0.25, 0.3) is 11.1 Å². The molecule has 2 heterocycles. The van der Waals surface area contributed by atoms with E-state index in [2.05, 4.69) is 18.7 Å². The van der Waals surface area contributed by atoms with E-state index >= 15 is 0 Å². The van der Waals surface area contributed by atoms with Crippen molar-refractivity contribution >= 4 is 23.5 Å². The highest BCUT2D eigenvalue weighted by molar-refractivity contribution is 5.85. The molecule has 0 radical (unpaired) electrons. The van der Waals surface area contributed by atoms with Gasteiger partial charge in [-0.15, -0.1) is 12.4 Å². The Morgan fingerprint density at radius 1 is 1.14 bits per heavy atom. The van der Waals surface area contributed by atoms with Crippen LogP contribution in [0, 0.1) is 0 Å². The molecule has 6 heteroatoms. The van der Waals surface area contributed by atoms with E-state index in [4.69, 9.17) is 9.15 Å². The maximum absolute atomic E-state index is 12.4. The van der Waals surface area contributed by atoms with E-state index in [0.717, 1.165) is 44.5 Å². The molecule has 1 saturated heterocycles. The number of hydrogen-bond acceptors (Lipinski definition) is 4. The second-order valence-electron chi connectivity index (χ2n) is 8.49. The quantitative estimate of drug-likeness (QED) is 0.714. The highest BCUT2D eigenvalue weighted by atomic mass is 35.5. The Labute approximate surface area is 173 Å². The van der Waals surface area contributed by atoms with Crippen LogP contribution in [-0.2, 0) is 4.74 Å². The van der Waals surface area contributed by atoms with E-state index in [1.54, 1.807) is 0 Å². The first-order valence-corrected chi connectivity index (χ1v) is 10.6. The number of piperidine rings is 1. The number of halogens is 1. The lowest BCUT2D eigenvalue weighted by Crippen LogP contribution is -2.53. The molecule has 0 unspecified atom stereocenters.